The number of benzene rings is 2. The molecule has 13 heteroatoms. The highest BCUT2D eigenvalue weighted by molar-refractivity contribution is 7.91. The summed E-state index contributed by atoms with van der Waals surface area (Å²) in [5.74, 6) is -6.42. The number of nitrogens with one attached hydrogen (secondary N) is 1. The van der Waals surface area contributed by atoms with Gasteiger partial charge in [0.25, 0.3) is 0 Å². The number of aliphatic carboxylic acids is 1. The van der Waals surface area contributed by atoms with E-state index in [-0.39, 0.29) is 31.1 Å². The Balaban J connectivity index is 2.12. The molecule has 0 saturated carbocycles. The lowest BCUT2D eigenvalue weighted by Gasteiger charge is -2.14. The van der Waals surface area contributed by atoms with E-state index in [1.165, 1.54) is 24.3 Å². The maximum atomic E-state index is 14.5. The predicted molar refractivity (Wildman–Crippen MR) is 129 cm³/mol. The summed E-state index contributed by atoms with van der Waals surface area (Å²) in [7, 11) is -4.82. The maximum Gasteiger partial charge on any atom is 0.307 e. The first-order valence-corrected chi connectivity index (χ1v) is 14.3. The average molecular weight is 536 g/mol. The third-order valence-corrected chi connectivity index (χ3v) is 7.19. The molecular formula is C21H25ClF2N3O5PS. The number of ether oxygens (including phenoxy) is 1. The Kier molecular flexibility index (Phi) is 10.0. The van der Waals surface area contributed by atoms with Gasteiger partial charge < -0.3 is 20.7 Å². The number of hydrogen-bond acceptors (Lipinski definition) is 5. The average Bonchev–Trinajstić information content (AvgIpc) is 2.73. The number of guanidine groups is 1. The second-order valence-corrected chi connectivity index (χ2v) is 12.0. The molecule has 0 bridgehead atoms. The molecule has 4 N–H and O–H groups in total. The van der Waals surface area contributed by atoms with E-state index in [0.717, 1.165) is 0 Å². The van der Waals surface area contributed by atoms with Crippen LogP contribution in [0.1, 0.15) is 12.8 Å². The van der Waals surface area contributed by atoms with Gasteiger partial charge >= 0.3 is 5.97 Å². The van der Waals surface area contributed by atoms with Crippen molar-refractivity contribution in [3.63, 3.8) is 0 Å². The summed E-state index contributed by atoms with van der Waals surface area (Å²) in [5.41, 5.74) is 5.68. The smallest absolute Gasteiger partial charge is 0.307 e. The summed E-state index contributed by atoms with van der Waals surface area (Å²) in [4.78, 5) is 15.0. The van der Waals surface area contributed by atoms with Crippen molar-refractivity contribution < 1.29 is 31.8 Å². The Labute approximate surface area is 202 Å². The van der Waals surface area contributed by atoms with Crippen molar-refractivity contribution in [3.8, 4) is 11.5 Å². The highest BCUT2D eigenvalue weighted by atomic mass is 35.5. The van der Waals surface area contributed by atoms with E-state index >= 15 is 0 Å². The quantitative estimate of drug-likeness (QED) is 0.170. The van der Waals surface area contributed by atoms with Gasteiger partial charge in [-0.05, 0) is 70.6 Å². The van der Waals surface area contributed by atoms with Crippen LogP contribution in [-0.4, -0.2) is 51.1 Å². The van der Waals surface area contributed by atoms with Gasteiger partial charge in [0.2, 0.25) is 0 Å². The first kappa shape index (κ1) is 27.8. The van der Waals surface area contributed by atoms with Gasteiger partial charge in [0.15, 0.2) is 33.2 Å². The van der Waals surface area contributed by atoms with Crippen LogP contribution in [0, 0.1) is 17.6 Å². The van der Waals surface area contributed by atoms with Crippen molar-refractivity contribution in [1.82, 2.24) is 5.09 Å². The molecule has 0 aliphatic carbocycles. The fourth-order valence-electron chi connectivity index (χ4n) is 2.88. The van der Waals surface area contributed by atoms with Crippen molar-refractivity contribution in [2.24, 2.45) is 16.6 Å². The topological polar surface area (TPSA) is 131 Å². The van der Waals surface area contributed by atoms with Crippen molar-refractivity contribution >= 4 is 41.4 Å². The molecule has 0 aliphatic heterocycles. The zero-order valence-corrected chi connectivity index (χ0v) is 20.9. The lowest BCUT2D eigenvalue weighted by molar-refractivity contribution is -0.141. The van der Waals surface area contributed by atoms with Crippen molar-refractivity contribution in [3.05, 3.63) is 53.1 Å². The third-order valence-electron chi connectivity index (χ3n) is 4.47. The van der Waals surface area contributed by atoms with Crippen molar-refractivity contribution in [1.29, 1.82) is 0 Å². The zero-order valence-electron chi connectivity index (χ0n) is 18.5. The van der Waals surface area contributed by atoms with Gasteiger partial charge in [-0.15, -0.1) is 0 Å². The largest absolute Gasteiger partial charge is 0.481 e. The van der Waals surface area contributed by atoms with Crippen LogP contribution in [0.15, 0.2) is 46.3 Å². The highest BCUT2D eigenvalue weighted by Crippen LogP contribution is 2.31. The van der Waals surface area contributed by atoms with Crippen LogP contribution in [0.5, 0.6) is 11.5 Å². The molecule has 0 spiro atoms. The van der Waals surface area contributed by atoms with E-state index in [1.54, 1.807) is 0 Å². The molecule has 8 nitrogen and oxygen atoms in total. The second-order valence-electron chi connectivity index (χ2n) is 7.50. The fraction of sp³-hybridized carbons (Fsp3) is 0.333. The third kappa shape index (κ3) is 8.38. The molecular weight excluding hydrogens is 511 g/mol. The minimum Gasteiger partial charge on any atom is -0.481 e. The van der Waals surface area contributed by atoms with Crippen molar-refractivity contribution in [2.45, 2.75) is 17.7 Å². The number of aliphatic imine (C=N–C) groups is 1. The van der Waals surface area contributed by atoms with Crippen LogP contribution in [0.25, 0.3) is 0 Å². The van der Waals surface area contributed by atoms with E-state index in [9.17, 15) is 27.1 Å². The van der Waals surface area contributed by atoms with Crippen LogP contribution in [0.4, 0.5) is 8.78 Å². The Morgan fingerprint density at radius 2 is 1.82 bits per heavy atom. The molecule has 0 radical (unpaired) electrons. The molecule has 0 aromatic heterocycles. The van der Waals surface area contributed by atoms with E-state index < -0.39 is 57.8 Å². The van der Waals surface area contributed by atoms with Crippen LogP contribution in [-0.2, 0) is 14.6 Å². The van der Waals surface area contributed by atoms with Gasteiger partial charge in [-0.3, -0.25) is 9.79 Å². The maximum absolute atomic E-state index is 14.5. The monoisotopic (exact) mass is 535 g/mol. The second kappa shape index (κ2) is 12.3. The molecule has 2 aromatic carbocycles. The number of sulfone groups is 1. The van der Waals surface area contributed by atoms with E-state index in [1.807, 2.05) is 13.3 Å². The van der Waals surface area contributed by atoms with Gasteiger partial charge in [0.05, 0.1) is 16.6 Å². The van der Waals surface area contributed by atoms with Gasteiger partial charge in [0, 0.05) is 11.6 Å². The summed E-state index contributed by atoms with van der Waals surface area (Å²) in [6, 6.07) is 6.90. The first-order chi connectivity index (χ1) is 15.9. The molecule has 1 atom stereocenters. The Bertz CT molecular complexity index is 1120. The molecule has 2 rings (SSSR count). The van der Waals surface area contributed by atoms with Crippen LogP contribution in [0.3, 0.4) is 0 Å². The lowest BCUT2D eigenvalue weighted by Crippen LogP contribution is -2.27. The van der Waals surface area contributed by atoms with Gasteiger partial charge in [-0.1, -0.05) is 11.6 Å². The van der Waals surface area contributed by atoms with Crippen LogP contribution in [0.2, 0.25) is 5.02 Å². The number of hydrogen-bond donors (Lipinski definition) is 3. The van der Waals surface area contributed by atoms with Gasteiger partial charge in [-0.25, -0.2) is 17.2 Å². The molecule has 0 unspecified atom stereocenters. The van der Waals surface area contributed by atoms with Crippen LogP contribution >= 0.6 is 19.7 Å². The highest BCUT2D eigenvalue weighted by Gasteiger charge is 2.28. The summed E-state index contributed by atoms with van der Waals surface area (Å²) < 4.78 is 59.6. The standard InChI is InChI=1S/C21H25ClF2N3O5PS/c1-33(2)27-21(25)26-9-3-4-13(20(28)29)12-34(30,31)16-10-17(23)19(18(24)11-16)32-15-7-5-14(22)6-8-15/h5-8,10-11,13H,3-4,9,12H2,1-2H3,(H,28,29)(H3,25,26,27)/t13-/m0/s1. The van der Waals surface area contributed by atoms with E-state index in [0.29, 0.717) is 17.2 Å². The minimum absolute atomic E-state index is 0.0128. The Morgan fingerprint density at radius 3 is 2.35 bits per heavy atom. The molecule has 0 fully saturated rings. The minimum atomic E-state index is -4.32. The number of halogens is 3. The Hall–Kier alpha value is -2.49. The molecule has 186 valence electrons. The number of carboxylic acids is 1. The van der Waals surface area contributed by atoms with E-state index in [4.69, 9.17) is 22.1 Å². The molecule has 0 amide bonds. The van der Waals surface area contributed by atoms with E-state index in [2.05, 4.69) is 10.1 Å². The van der Waals surface area contributed by atoms with Gasteiger partial charge in [0.1, 0.15) is 5.75 Å². The van der Waals surface area contributed by atoms with Crippen LogP contribution < -0.4 is 15.6 Å². The van der Waals surface area contributed by atoms with Crippen molar-refractivity contribution in [2.75, 3.05) is 25.6 Å². The number of carboxylic acid groups (broad SMARTS) is 1. The normalized spacial score (nSPS) is 13.1. The summed E-state index contributed by atoms with van der Waals surface area (Å²) >= 11 is 5.76. The number of nitrogens with zero attached hydrogens (tertiary/aromatic N) is 1. The lowest BCUT2D eigenvalue weighted by atomic mass is 10.1. The molecule has 0 saturated heterocycles. The number of rotatable bonds is 11. The number of nitrogens with two attached hydrogens (primary N) is 1. The predicted octanol–water partition coefficient (Wildman–Crippen LogP) is 4.23. The molecule has 2 aromatic rings. The molecule has 0 heterocycles. The number of carbonyl (C=O) groups is 1. The summed E-state index contributed by atoms with van der Waals surface area (Å²) in [6.45, 7) is 4.07. The van der Waals surface area contributed by atoms with Gasteiger partial charge in [-0.2, -0.15) is 0 Å². The summed E-state index contributed by atoms with van der Waals surface area (Å²) in [5, 5.41) is 12.8. The zero-order chi connectivity index (χ0) is 25.5. The summed E-state index contributed by atoms with van der Waals surface area (Å²) in [6.07, 6.45) is 0.248. The first-order valence-electron chi connectivity index (χ1n) is 10.0. The fourth-order valence-corrected chi connectivity index (χ4v) is 5.13. The molecule has 0 aliphatic rings. The molecule has 34 heavy (non-hydrogen) atoms. The Morgan fingerprint density at radius 1 is 1.24 bits per heavy atom. The SMILES string of the molecule is CP(C)NC(N)=NCCC[C@@H](CS(=O)(=O)c1cc(F)c(Oc2ccc(Cl)cc2)c(F)c1)C(=O)O.